The maximum atomic E-state index is 12.4. The van der Waals surface area contributed by atoms with E-state index in [1.165, 1.54) is 27.6 Å². The van der Waals surface area contributed by atoms with E-state index < -0.39 is 0 Å². The number of hydrogen-bond donors (Lipinski definition) is 1. The first-order valence-electron chi connectivity index (χ1n) is 7.79. The zero-order chi connectivity index (χ0) is 16.4. The lowest BCUT2D eigenvalue weighted by molar-refractivity contribution is 0.0526. The molecule has 0 fully saturated rings. The van der Waals surface area contributed by atoms with E-state index in [1.807, 2.05) is 11.4 Å². The van der Waals surface area contributed by atoms with E-state index in [4.69, 9.17) is 4.74 Å². The molecule has 3 rings (SSSR count). The number of carbonyl (C=O) groups excluding carboxylic acids is 2. The summed E-state index contributed by atoms with van der Waals surface area (Å²) in [7, 11) is 0. The van der Waals surface area contributed by atoms with Crippen molar-refractivity contribution in [1.29, 1.82) is 0 Å². The zero-order valence-electron chi connectivity index (χ0n) is 13.2. The molecule has 1 aliphatic carbocycles. The number of carbonyl (C=O) groups is 2. The van der Waals surface area contributed by atoms with Crippen LogP contribution in [0.3, 0.4) is 0 Å². The lowest BCUT2D eigenvalue weighted by Crippen LogP contribution is -2.16. The summed E-state index contributed by atoms with van der Waals surface area (Å²) < 4.78 is 5.23. The van der Waals surface area contributed by atoms with Crippen LogP contribution in [0.2, 0.25) is 0 Å². The molecule has 0 radical (unpaired) electrons. The lowest BCUT2D eigenvalue weighted by atomic mass is 9.86. The van der Waals surface area contributed by atoms with Crippen LogP contribution < -0.4 is 5.32 Å². The minimum absolute atomic E-state index is 0.170. The molecule has 1 aliphatic rings. The highest BCUT2D eigenvalue weighted by Gasteiger charge is 2.30. The fourth-order valence-electron chi connectivity index (χ4n) is 2.98. The molecule has 0 aliphatic heterocycles. The van der Waals surface area contributed by atoms with Gasteiger partial charge in [-0.25, -0.2) is 4.79 Å². The molecule has 1 amide bonds. The van der Waals surface area contributed by atoms with Gasteiger partial charge in [0.1, 0.15) is 5.00 Å². The van der Waals surface area contributed by atoms with Crippen molar-refractivity contribution in [2.75, 3.05) is 11.9 Å². The molecule has 122 valence electrons. The van der Waals surface area contributed by atoms with Crippen LogP contribution in [0, 0.1) is 0 Å². The van der Waals surface area contributed by atoms with Crippen molar-refractivity contribution in [3.05, 3.63) is 38.4 Å². The summed E-state index contributed by atoms with van der Waals surface area (Å²) in [5.41, 5.74) is 1.63. The van der Waals surface area contributed by atoms with E-state index in [2.05, 4.69) is 12.2 Å². The highest BCUT2D eigenvalue weighted by Crippen LogP contribution is 2.43. The molecule has 4 nitrogen and oxygen atoms in total. The Kier molecular flexibility index (Phi) is 4.82. The number of rotatable bonds is 4. The Morgan fingerprint density at radius 1 is 1.43 bits per heavy atom. The van der Waals surface area contributed by atoms with Crippen LogP contribution in [0.25, 0.3) is 0 Å². The molecule has 23 heavy (non-hydrogen) atoms. The van der Waals surface area contributed by atoms with Crippen LogP contribution in [0.15, 0.2) is 17.5 Å². The first kappa shape index (κ1) is 16.2. The first-order valence-corrected chi connectivity index (χ1v) is 9.49. The van der Waals surface area contributed by atoms with Gasteiger partial charge in [-0.2, -0.15) is 0 Å². The number of ether oxygens (including phenoxy) is 1. The SMILES string of the molecule is CCOC(=O)c1c(NC(=O)c2cccs2)sc2c1[C@@H](C)CCC2. The van der Waals surface area contributed by atoms with Crippen LogP contribution >= 0.6 is 22.7 Å². The van der Waals surface area contributed by atoms with Crippen molar-refractivity contribution in [2.45, 2.75) is 39.0 Å². The molecule has 0 unspecified atom stereocenters. The summed E-state index contributed by atoms with van der Waals surface area (Å²) in [6.07, 6.45) is 3.15. The standard InChI is InChI=1S/C17H19NO3S2/c1-3-21-17(20)14-13-10(2)6-4-7-11(13)23-16(14)18-15(19)12-8-5-9-22-12/h5,8-10H,3-4,6-7H2,1-2H3,(H,18,19)/t10-/m0/s1. The highest BCUT2D eigenvalue weighted by molar-refractivity contribution is 7.17. The third kappa shape index (κ3) is 3.19. The quantitative estimate of drug-likeness (QED) is 0.816. The number of esters is 1. The van der Waals surface area contributed by atoms with Gasteiger partial charge in [-0.1, -0.05) is 13.0 Å². The summed E-state index contributed by atoms with van der Waals surface area (Å²) >= 11 is 2.90. The van der Waals surface area contributed by atoms with Gasteiger partial charge in [0, 0.05) is 4.88 Å². The topological polar surface area (TPSA) is 55.4 Å². The Labute approximate surface area is 143 Å². The van der Waals surface area contributed by atoms with E-state index in [1.54, 1.807) is 13.0 Å². The second-order valence-corrected chi connectivity index (χ2v) is 7.64. The van der Waals surface area contributed by atoms with E-state index in [0.29, 0.717) is 28.0 Å². The van der Waals surface area contributed by atoms with Gasteiger partial charge >= 0.3 is 5.97 Å². The molecule has 0 bridgehead atoms. The maximum absolute atomic E-state index is 12.4. The predicted molar refractivity (Wildman–Crippen MR) is 93.9 cm³/mol. The van der Waals surface area contributed by atoms with Gasteiger partial charge in [0.05, 0.1) is 17.0 Å². The highest BCUT2D eigenvalue weighted by atomic mass is 32.1. The Morgan fingerprint density at radius 3 is 2.96 bits per heavy atom. The number of anilines is 1. The van der Waals surface area contributed by atoms with Gasteiger partial charge in [-0.05, 0) is 49.1 Å². The average molecular weight is 349 g/mol. The average Bonchev–Trinajstić information content (AvgIpc) is 3.15. The van der Waals surface area contributed by atoms with Gasteiger partial charge in [0.2, 0.25) is 0 Å². The first-order chi connectivity index (χ1) is 11.1. The third-order valence-electron chi connectivity index (χ3n) is 4.01. The summed E-state index contributed by atoms with van der Waals surface area (Å²) in [4.78, 5) is 26.6. The normalized spacial score (nSPS) is 16.7. The van der Waals surface area contributed by atoms with Crippen molar-refractivity contribution in [1.82, 2.24) is 0 Å². The van der Waals surface area contributed by atoms with Crippen LogP contribution in [-0.2, 0) is 11.2 Å². The largest absolute Gasteiger partial charge is 0.462 e. The monoisotopic (exact) mass is 349 g/mol. The van der Waals surface area contributed by atoms with Crippen molar-refractivity contribution < 1.29 is 14.3 Å². The van der Waals surface area contributed by atoms with Crippen molar-refractivity contribution in [3.8, 4) is 0 Å². The fourth-order valence-corrected chi connectivity index (χ4v) is 4.94. The second kappa shape index (κ2) is 6.84. The minimum Gasteiger partial charge on any atom is -0.462 e. The minimum atomic E-state index is -0.333. The Morgan fingerprint density at radius 2 is 2.26 bits per heavy atom. The van der Waals surface area contributed by atoms with E-state index in [0.717, 1.165) is 24.8 Å². The number of hydrogen-bond acceptors (Lipinski definition) is 5. The number of amides is 1. The number of nitrogens with one attached hydrogen (secondary N) is 1. The Hall–Kier alpha value is -1.66. The molecule has 0 aromatic carbocycles. The molecular formula is C17H19NO3S2. The molecule has 2 aromatic rings. The number of fused-ring (bicyclic) bond motifs is 1. The smallest absolute Gasteiger partial charge is 0.341 e. The van der Waals surface area contributed by atoms with Crippen LogP contribution in [-0.4, -0.2) is 18.5 Å². The predicted octanol–water partition coefficient (Wildman–Crippen LogP) is 4.68. The summed E-state index contributed by atoms with van der Waals surface area (Å²) in [6, 6.07) is 3.62. The van der Waals surface area contributed by atoms with Crippen molar-refractivity contribution >= 4 is 39.6 Å². The van der Waals surface area contributed by atoms with Gasteiger partial charge in [0.25, 0.3) is 5.91 Å². The molecule has 0 saturated carbocycles. The molecule has 2 heterocycles. The number of aryl methyl sites for hydroxylation is 1. The van der Waals surface area contributed by atoms with E-state index in [9.17, 15) is 9.59 Å². The van der Waals surface area contributed by atoms with Gasteiger partial charge in [0.15, 0.2) is 0 Å². The van der Waals surface area contributed by atoms with Crippen LogP contribution in [0.5, 0.6) is 0 Å². The molecule has 0 saturated heterocycles. The summed E-state index contributed by atoms with van der Waals surface area (Å²) in [5.74, 6) is -0.182. The van der Waals surface area contributed by atoms with Crippen molar-refractivity contribution in [3.63, 3.8) is 0 Å². The summed E-state index contributed by atoms with van der Waals surface area (Å²) in [6.45, 7) is 4.26. The fraction of sp³-hybridized carbons (Fsp3) is 0.412. The van der Waals surface area contributed by atoms with Crippen molar-refractivity contribution in [2.24, 2.45) is 0 Å². The summed E-state index contributed by atoms with van der Waals surface area (Å²) in [5, 5.41) is 5.41. The van der Waals surface area contributed by atoms with Crippen LogP contribution in [0.1, 0.15) is 63.1 Å². The zero-order valence-corrected chi connectivity index (χ0v) is 14.8. The lowest BCUT2D eigenvalue weighted by Gasteiger charge is -2.19. The van der Waals surface area contributed by atoms with Gasteiger partial charge < -0.3 is 10.1 Å². The van der Waals surface area contributed by atoms with Gasteiger partial charge in [-0.15, -0.1) is 22.7 Å². The number of thiophene rings is 2. The molecular weight excluding hydrogens is 330 g/mol. The molecule has 1 N–H and O–H groups in total. The van der Waals surface area contributed by atoms with E-state index in [-0.39, 0.29) is 11.9 Å². The van der Waals surface area contributed by atoms with E-state index >= 15 is 0 Å². The molecule has 6 heteroatoms. The van der Waals surface area contributed by atoms with Gasteiger partial charge in [-0.3, -0.25) is 4.79 Å². The molecule has 1 atom stereocenters. The Bertz CT molecular complexity index is 719. The second-order valence-electron chi connectivity index (χ2n) is 5.59. The third-order valence-corrected chi connectivity index (χ3v) is 6.06. The van der Waals surface area contributed by atoms with Crippen LogP contribution in [0.4, 0.5) is 5.00 Å². The molecule has 0 spiro atoms. The maximum Gasteiger partial charge on any atom is 0.341 e. The molecule has 2 aromatic heterocycles. The Balaban J connectivity index is 1.98.